The first-order valence-corrected chi connectivity index (χ1v) is 11.6. The Kier molecular flexibility index (Phi) is 27.9. The molecule has 0 amide bonds. The van der Waals surface area contributed by atoms with Gasteiger partial charge in [-0.1, -0.05) is 65.2 Å². The fourth-order valence-electron chi connectivity index (χ4n) is 2.18. The van der Waals surface area contributed by atoms with Crippen molar-refractivity contribution in [2.75, 3.05) is 0 Å². The van der Waals surface area contributed by atoms with Gasteiger partial charge in [0.25, 0.3) is 0 Å². The summed E-state index contributed by atoms with van der Waals surface area (Å²) in [6.45, 7) is 7.99. The van der Waals surface area contributed by atoms with Crippen molar-refractivity contribution in [3.63, 3.8) is 0 Å². The number of hydrogen-bond donors (Lipinski definition) is 2. The minimum absolute atomic E-state index is 0. The molecule has 2 N–H and O–H groups in total. The van der Waals surface area contributed by atoms with Crippen LogP contribution in [0.4, 0.5) is 0 Å². The molecule has 6 nitrogen and oxygen atoms in total. The first kappa shape index (κ1) is 30.5. The Bertz CT molecular complexity index is 291. The molecule has 157 valence electrons. The zero-order chi connectivity index (χ0) is 18.8. The van der Waals surface area contributed by atoms with Gasteiger partial charge in [-0.25, -0.2) is 0 Å². The molecular formula is C16H38CoO6P2. The number of rotatable bonds is 14. The van der Waals surface area contributed by atoms with Gasteiger partial charge in [0, 0.05) is 16.8 Å². The maximum absolute atomic E-state index is 10.3. The molecule has 4 atom stereocenters. The molecule has 0 bridgehead atoms. The molecule has 0 heterocycles. The van der Waals surface area contributed by atoms with Gasteiger partial charge >= 0.3 is 16.5 Å². The van der Waals surface area contributed by atoms with Gasteiger partial charge in [0.05, 0.1) is 12.2 Å². The summed E-state index contributed by atoms with van der Waals surface area (Å²) < 4.78 is 30.0. The molecule has 0 saturated carbocycles. The van der Waals surface area contributed by atoms with Crippen molar-refractivity contribution in [2.24, 2.45) is 0 Å². The van der Waals surface area contributed by atoms with Gasteiger partial charge in [0.1, 0.15) is 0 Å². The third kappa shape index (κ3) is 29.8. The smallest absolute Gasteiger partial charge is 0.316 e. The Morgan fingerprint density at radius 2 is 1.04 bits per heavy atom. The minimum atomic E-state index is -2.73. The zero-order valence-corrected chi connectivity index (χ0v) is 19.1. The fraction of sp³-hybridized carbons (Fsp3) is 1.00. The third-order valence-electron chi connectivity index (χ3n) is 3.53. The first-order chi connectivity index (χ1) is 11.3. The molecule has 0 saturated heterocycles. The van der Waals surface area contributed by atoms with E-state index in [1.165, 1.54) is 38.5 Å². The number of unbranched alkanes of at least 4 members (excludes halogenated alkanes) is 6. The van der Waals surface area contributed by atoms with Gasteiger partial charge in [0.15, 0.2) is 0 Å². The van der Waals surface area contributed by atoms with Crippen LogP contribution in [-0.2, 0) is 35.0 Å². The second-order valence-corrected chi connectivity index (χ2v) is 7.62. The van der Waals surface area contributed by atoms with Crippen LogP contribution >= 0.6 is 16.5 Å². The van der Waals surface area contributed by atoms with E-state index in [2.05, 4.69) is 13.8 Å². The van der Waals surface area contributed by atoms with Crippen molar-refractivity contribution in [1.82, 2.24) is 0 Å². The Morgan fingerprint density at radius 3 is 1.28 bits per heavy atom. The largest absolute Gasteiger partial charge is 0.326 e. The molecule has 25 heavy (non-hydrogen) atoms. The van der Waals surface area contributed by atoms with Gasteiger partial charge in [-0.05, 0) is 26.7 Å². The molecule has 1 radical (unpaired) electrons. The second-order valence-electron chi connectivity index (χ2n) is 6.09. The molecule has 0 aliphatic heterocycles. The van der Waals surface area contributed by atoms with E-state index in [4.69, 9.17) is 18.8 Å². The molecule has 0 fully saturated rings. The van der Waals surface area contributed by atoms with E-state index in [-0.39, 0.29) is 29.0 Å². The summed E-state index contributed by atoms with van der Waals surface area (Å²) in [6.07, 6.45) is 11.1. The second kappa shape index (κ2) is 22.8. The van der Waals surface area contributed by atoms with Gasteiger partial charge in [-0.3, -0.25) is 9.13 Å². The molecule has 0 aromatic rings. The molecular weight excluding hydrogens is 409 g/mol. The Labute approximate surface area is 165 Å². The normalized spacial score (nSPS) is 15.3. The topological polar surface area (TPSA) is 93.1 Å². The summed E-state index contributed by atoms with van der Waals surface area (Å²) in [7, 11) is -5.45. The summed E-state index contributed by atoms with van der Waals surface area (Å²) >= 11 is 0. The van der Waals surface area contributed by atoms with Crippen LogP contribution in [0.25, 0.3) is 0 Å². The summed E-state index contributed by atoms with van der Waals surface area (Å²) in [6, 6.07) is 0. The molecule has 0 aliphatic carbocycles. The van der Waals surface area contributed by atoms with Crippen LogP contribution in [0.1, 0.15) is 91.9 Å². The summed E-state index contributed by atoms with van der Waals surface area (Å²) in [5, 5.41) is 0. The van der Waals surface area contributed by atoms with Crippen LogP contribution in [0.5, 0.6) is 0 Å². The minimum Gasteiger partial charge on any atom is -0.326 e. The van der Waals surface area contributed by atoms with E-state index >= 15 is 0 Å². The van der Waals surface area contributed by atoms with Crippen LogP contribution in [0.2, 0.25) is 0 Å². The van der Waals surface area contributed by atoms with Crippen molar-refractivity contribution in [3.8, 4) is 0 Å². The van der Waals surface area contributed by atoms with Crippen LogP contribution in [0.15, 0.2) is 0 Å². The van der Waals surface area contributed by atoms with Gasteiger partial charge < -0.3 is 18.8 Å². The maximum Gasteiger partial charge on any atom is 0.316 e. The molecule has 0 aromatic carbocycles. The molecule has 0 spiro atoms. The molecule has 0 rings (SSSR count). The predicted octanol–water partition coefficient (Wildman–Crippen LogP) is 5.49. The predicted molar refractivity (Wildman–Crippen MR) is 101 cm³/mol. The van der Waals surface area contributed by atoms with Crippen molar-refractivity contribution in [1.29, 1.82) is 0 Å². The quantitative estimate of drug-likeness (QED) is 0.270. The van der Waals surface area contributed by atoms with Crippen molar-refractivity contribution < 1.29 is 44.7 Å². The molecule has 0 aliphatic rings. The van der Waals surface area contributed by atoms with E-state index in [0.717, 1.165) is 25.7 Å². The van der Waals surface area contributed by atoms with E-state index < -0.39 is 16.5 Å². The van der Waals surface area contributed by atoms with Crippen LogP contribution in [0, 0.1) is 0 Å². The Morgan fingerprint density at radius 1 is 0.720 bits per heavy atom. The summed E-state index contributed by atoms with van der Waals surface area (Å²) in [5.41, 5.74) is 0. The Hall–Kier alpha value is 0.806. The maximum atomic E-state index is 10.3. The van der Waals surface area contributed by atoms with Crippen LogP contribution < -0.4 is 0 Å². The third-order valence-corrected chi connectivity index (χ3v) is 4.74. The van der Waals surface area contributed by atoms with E-state index in [1.807, 2.05) is 13.8 Å². The van der Waals surface area contributed by atoms with E-state index in [9.17, 15) is 9.13 Å². The van der Waals surface area contributed by atoms with Crippen LogP contribution in [-0.4, -0.2) is 22.0 Å². The van der Waals surface area contributed by atoms with Crippen molar-refractivity contribution in [3.05, 3.63) is 0 Å². The summed E-state index contributed by atoms with van der Waals surface area (Å²) in [4.78, 5) is 16.9. The van der Waals surface area contributed by atoms with Crippen molar-refractivity contribution >= 4 is 16.5 Å². The van der Waals surface area contributed by atoms with Gasteiger partial charge in [-0.2, -0.15) is 0 Å². The molecule has 9 heteroatoms. The van der Waals surface area contributed by atoms with Gasteiger partial charge in [-0.15, -0.1) is 0 Å². The zero-order valence-electron chi connectivity index (χ0n) is 16.1. The van der Waals surface area contributed by atoms with Crippen molar-refractivity contribution in [2.45, 2.75) is 104 Å². The fourth-order valence-corrected chi connectivity index (χ4v) is 3.10. The summed E-state index contributed by atoms with van der Waals surface area (Å²) in [5.74, 6) is 0. The van der Waals surface area contributed by atoms with E-state index in [1.54, 1.807) is 0 Å². The standard InChI is InChI=1S/2C8H19O3P.Co/c2*1-3-4-5-6-7-8(2)11-12(9)10;/h2*8,12H,3-7H2,1-2H3,(H,9,10);. The van der Waals surface area contributed by atoms with Crippen LogP contribution in [0.3, 0.4) is 0 Å². The van der Waals surface area contributed by atoms with E-state index in [0.29, 0.717) is 0 Å². The monoisotopic (exact) mass is 447 g/mol. The van der Waals surface area contributed by atoms with Gasteiger partial charge in [0.2, 0.25) is 0 Å². The first-order valence-electron chi connectivity index (χ1n) is 9.12. The SMILES string of the molecule is CCCCCCC(C)O[PH](=O)O.CCCCCCC(C)O[PH](=O)O.[Co]. The number of hydrogen-bond acceptors (Lipinski definition) is 4. The average Bonchev–Trinajstić information content (AvgIpc) is 2.47. The molecule has 0 aromatic heterocycles. The molecule has 4 unspecified atom stereocenters. The average molecular weight is 447 g/mol. The Balaban J connectivity index is -0.000000372.